The first-order valence-corrected chi connectivity index (χ1v) is 11.3. The summed E-state index contributed by atoms with van der Waals surface area (Å²) in [6, 6.07) is 1.51. The topological polar surface area (TPSA) is 110 Å². The molecule has 0 spiro atoms. The van der Waals surface area contributed by atoms with Crippen LogP contribution < -0.4 is 0 Å². The Balaban J connectivity index is 2.14. The van der Waals surface area contributed by atoms with Gasteiger partial charge in [0.1, 0.15) is 28.5 Å². The van der Waals surface area contributed by atoms with Crippen LogP contribution in [-0.4, -0.2) is 53.6 Å². The fraction of sp³-hybridized carbons (Fsp3) is 0.417. The van der Waals surface area contributed by atoms with Gasteiger partial charge in [-0.3, -0.25) is 4.79 Å². The number of methoxy groups -OCH3 is 2. The molecule has 1 aromatic carbocycles. The Morgan fingerprint density at radius 1 is 1.18 bits per heavy atom. The van der Waals surface area contributed by atoms with Gasteiger partial charge in [0.15, 0.2) is 5.78 Å². The fourth-order valence-corrected chi connectivity index (χ4v) is 6.73. The van der Waals surface area contributed by atoms with Gasteiger partial charge in [0.2, 0.25) is 0 Å². The Bertz CT molecular complexity index is 1200. The summed E-state index contributed by atoms with van der Waals surface area (Å²) >= 11 is 1.29. The molecule has 2 aliphatic heterocycles. The first-order valence-electron chi connectivity index (χ1n) is 10.4. The number of nitrogens with zero attached hydrogens (tertiary/aromatic N) is 1. The van der Waals surface area contributed by atoms with Crippen molar-refractivity contribution in [3.8, 4) is 5.75 Å². The third-order valence-electron chi connectivity index (χ3n) is 7.19. The van der Waals surface area contributed by atoms with Crippen LogP contribution in [0.3, 0.4) is 0 Å². The molecule has 2 heterocycles. The van der Waals surface area contributed by atoms with Crippen LogP contribution in [0, 0.1) is 25.2 Å². The van der Waals surface area contributed by atoms with Crippen molar-refractivity contribution in [2.45, 2.75) is 39.5 Å². The summed E-state index contributed by atoms with van der Waals surface area (Å²) in [7, 11) is 2.40. The van der Waals surface area contributed by atoms with Crippen molar-refractivity contribution in [3.63, 3.8) is 0 Å². The number of aldehydes is 1. The molecule has 4 rings (SSSR count). The lowest BCUT2D eigenvalue weighted by Gasteiger charge is -2.51. The molecule has 0 saturated heterocycles. The number of phenolic OH excluding ortho intramolecular Hbond substituents is 1. The minimum absolute atomic E-state index is 0.0237. The zero-order valence-corrected chi connectivity index (χ0v) is 20.1. The highest BCUT2D eigenvalue weighted by atomic mass is 32.2. The standard InChI is InChI=1S/C24H25NO7S/c1-10-7-16(27)17-14(11(10)2)8-15-18(21(29)31-5)19(22(30)32-6)25-12(3)13(4)33-23(25)24(15,9-26)20(17)28/h7,9,15,23,27H,8H2,1-6H3/t15-,23?,24?/m1/s1. The van der Waals surface area contributed by atoms with E-state index < -0.39 is 34.4 Å². The van der Waals surface area contributed by atoms with Crippen LogP contribution in [0.1, 0.15) is 40.9 Å². The maximum atomic E-state index is 14.1. The molecule has 3 atom stereocenters. The molecule has 3 aliphatic rings. The molecule has 1 N–H and O–H groups in total. The molecule has 174 valence electrons. The second-order valence-corrected chi connectivity index (χ2v) is 9.85. The van der Waals surface area contributed by atoms with Gasteiger partial charge in [0.05, 0.1) is 25.4 Å². The summed E-state index contributed by atoms with van der Waals surface area (Å²) in [5, 5.41) is 9.92. The van der Waals surface area contributed by atoms with Crippen LogP contribution in [0.4, 0.5) is 0 Å². The van der Waals surface area contributed by atoms with E-state index in [2.05, 4.69) is 0 Å². The lowest BCUT2D eigenvalue weighted by atomic mass is 9.58. The number of phenols is 1. The van der Waals surface area contributed by atoms with Gasteiger partial charge in [-0.25, -0.2) is 9.59 Å². The largest absolute Gasteiger partial charge is 0.507 e. The van der Waals surface area contributed by atoms with E-state index in [9.17, 15) is 24.3 Å². The van der Waals surface area contributed by atoms with Crippen molar-refractivity contribution in [1.29, 1.82) is 0 Å². The molecule has 0 amide bonds. The van der Waals surface area contributed by atoms with Crippen molar-refractivity contribution in [2.24, 2.45) is 11.3 Å². The van der Waals surface area contributed by atoms with Crippen LogP contribution in [0.15, 0.2) is 27.9 Å². The number of ether oxygens (including phenoxy) is 2. The van der Waals surface area contributed by atoms with Gasteiger partial charge in [0.25, 0.3) is 0 Å². The van der Waals surface area contributed by atoms with E-state index >= 15 is 0 Å². The van der Waals surface area contributed by atoms with Crippen molar-refractivity contribution in [1.82, 2.24) is 4.90 Å². The zero-order valence-electron chi connectivity index (χ0n) is 19.3. The second kappa shape index (κ2) is 7.76. The molecule has 8 nitrogen and oxygen atoms in total. The molecule has 1 aromatic rings. The summed E-state index contributed by atoms with van der Waals surface area (Å²) in [6.45, 7) is 7.22. The number of hydrogen-bond acceptors (Lipinski definition) is 9. The SMILES string of the molecule is COC(=O)C1=C(C(=O)OC)N2C(C)=C(C)SC2C2(C=O)C(=O)c3c(O)cc(C)c(C)c3C[C@H]12. The third-order valence-corrected chi connectivity index (χ3v) is 8.66. The van der Waals surface area contributed by atoms with E-state index in [1.807, 2.05) is 20.8 Å². The highest BCUT2D eigenvalue weighted by Gasteiger charge is 2.65. The van der Waals surface area contributed by atoms with Crippen LogP contribution in [0.2, 0.25) is 0 Å². The Morgan fingerprint density at radius 2 is 1.82 bits per heavy atom. The van der Waals surface area contributed by atoms with Crippen LogP contribution in [-0.2, 0) is 30.3 Å². The molecule has 1 aliphatic carbocycles. The van der Waals surface area contributed by atoms with Crippen LogP contribution in [0.5, 0.6) is 5.75 Å². The number of aromatic hydroxyl groups is 1. The van der Waals surface area contributed by atoms with Crippen molar-refractivity contribution < 1.29 is 33.8 Å². The van der Waals surface area contributed by atoms with E-state index in [0.717, 1.165) is 16.0 Å². The first kappa shape index (κ1) is 23.1. The Kier molecular flexibility index (Phi) is 5.43. The molecule has 9 heteroatoms. The number of allylic oxidation sites excluding steroid dienone is 2. The number of thioether (sulfide) groups is 1. The highest BCUT2D eigenvalue weighted by Crippen LogP contribution is 2.60. The van der Waals surface area contributed by atoms with Gasteiger partial charge in [-0.05, 0) is 56.9 Å². The molecule has 0 aromatic heterocycles. The number of hydrogen-bond donors (Lipinski definition) is 1. The van der Waals surface area contributed by atoms with Crippen molar-refractivity contribution in [3.05, 3.63) is 50.2 Å². The Labute approximate surface area is 195 Å². The lowest BCUT2D eigenvalue weighted by Crippen LogP contribution is -2.61. The summed E-state index contributed by atoms with van der Waals surface area (Å²) < 4.78 is 10.1. The third kappa shape index (κ3) is 2.84. The maximum absolute atomic E-state index is 14.1. The number of fused-ring (bicyclic) bond motifs is 4. The number of esters is 2. The van der Waals surface area contributed by atoms with Gasteiger partial charge in [0, 0.05) is 16.5 Å². The number of ketones is 1. The van der Waals surface area contributed by atoms with E-state index in [-0.39, 0.29) is 29.0 Å². The number of benzene rings is 1. The van der Waals surface area contributed by atoms with Crippen LogP contribution in [0.25, 0.3) is 0 Å². The average molecular weight is 472 g/mol. The first-order chi connectivity index (χ1) is 15.6. The number of carbonyl (C=O) groups is 4. The lowest BCUT2D eigenvalue weighted by molar-refractivity contribution is -0.143. The summed E-state index contributed by atoms with van der Waals surface area (Å²) in [4.78, 5) is 55.5. The number of carbonyl (C=O) groups excluding carboxylic acids is 4. The predicted octanol–water partition coefficient (Wildman–Crippen LogP) is 2.79. The van der Waals surface area contributed by atoms with E-state index in [4.69, 9.17) is 9.47 Å². The molecule has 0 bridgehead atoms. The summed E-state index contributed by atoms with van der Waals surface area (Å²) in [5.74, 6) is -3.30. The number of Topliss-reactive ketones (excluding diaryl/α,β-unsaturated/α-hetero) is 1. The van der Waals surface area contributed by atoms with E-state index in [1.165, 1.54) is 32.0 Å². The molecular formula is C24H25NO7S. The molecule has 33 heavy (non-hydrogen) atoms. The van der Waals surface area contributed by atoms with Gasteiger partial charge < -0.3 is 24.3 Å². The molecule has 2 unspecified atom stereocenters. The van der Waals surface area contributed by atoms with Crippen LogP contribution >= 0.6 is 11.8 Å². The zero-order chi connectivity index (χ0) is 24.4. The smallest absolute Gasteiger partial charge is 0.355 e. The summed E-state index contributed by atoms with van der Waals surface area (Å²) in [6.07, 6.45) is 0.680. The average Bonchev–Trinajstić information content (AvgIpc) is 3.09. The molecule has 0 radical (unpaired) electrons. The number of rotatable bonds is 3. The Morgan fingerprint density at radius 3 is 2.39 bits per heavy atom. The molecule has 0 fully saturated rings. The molecule has 0 saturated carbocycles. The quantitative estimate of drug-likeness (QED) is 0.404. The van der Waals surface area contributed by atoms with Gasteiger partial charge in [-0.15, -0.1) is 11.8 Å². The highest BCUT2D eigenvalue weighted by molar-refractivity contribution is 8.03. The fourth-order valence-electron chi connectivity index (χ4n) is 5.24. The van der Waals surface area contributed by atoms with Gasteiger partial charge >= 0.3 is 11.9 Å². The maximum Gasteiger partial charge on any atom is 0.355 e. The Hall–Kier alpha value is -3.07. The second-order valence-electron chi connectivity index (χ2n) is 8.56. The number of aryl methyl sites for hydroxylation is 1. The minimum atomic E-state index is -1.73. The minimum Gasteiger partial charge on any atom is -0.507 e. The normalized spacial score (nSPS) is 26.0. The summed E-state index contributed by atoms with van der Waals surface area (Å²) in [5.41, 5.74) is 1.03. The van der Waals surface area contributed by atoms with Crippen molar-refractivity contribution >= 4 is 35.8 Å². The van der Waals surface area contributed by atoms with Gasteiger partial charge in [-0.2, -0.15) is 0 Å². The van der Waals surface area contributed by atoms with Gasteiger partial charge in [-0.1, -0.05) is 0 Å². The predicted molar refractivity (Wildman–Crippen MR) is 120 cm³/mol. The van der Waals surface area contributed by atoms with Crippen molar-refractivity contribution in [2.75, 3.05) is 14.2 Å². The van der Waals surface area contributed by atoms with E-state index in [1.54, 1.807) is 11.8 Å². The monoisotopic (exact) mass is 471 g/mol. The molecular weight excluding hydrogens is 446 g/mol. The van der Waals surface area contributed by atoms with E-state index in [0.29, 0.717) is 17.5 Å².